The van der Waals surface area contributed by atoms with Gasteiger partial charge in [-0.3, -0.25) is 4.79 Å². The van der Waals surface area contributed by atoms with Gasteiger partial charge in [-0.15, -0.1) is 0 Å². The standard InChI is InChI=1S/C18H25NO4S/c1-14(2)16-10-8-15(9-11-16)13-18-22-19(23-24-18)12-6-4-3-5-7-17(20)21/h8-11,13-14H,3-7,12H2,1-2H3,(H,20,21). The molecule has 6 heteroatoms. The van der Waals surface area contributed by atoms with Crippen molar-refractivity contribution in [3.8, 4) is 0 Å². The lowest BCUT2D eigenvalue weighted by molar-refractivity contribution is -0.259. The summed E-state index contributed by atoms with van der Waals surface area (Å²) in [6.45, 7) is 5.03. The molecule has 1 heterocycles. The Morgan fingerprint density at radius 3 is 2.58 bits per heavy atom. The minimum Gasteiger partial charge on any atom is -0.481 e. The molecule has 5 nitrogen and oxygen atoms in total. The summed E-state index contributed by atoms with van der Waals surface area (Å²) < 4.78 is 5.41. The van der Waals surface area contributed by atoms with Crippen molar-refractivity contribution in [2.24, 2.45) is 0 Å². The summed E-state index contributed by atoms with van der Waals surface area (Å²) in [7, 11) is 0. The summed E-state index contributed by atoms with van der Waals surface area (Å²) in [6.07, 6.45) is 5.73. The first kappa shape index (κ1) is 18.8. The maximum atomic E-state index is 10.4. The Bertz CT molecular complexity index is 557. The molecule has 1 aliphatic rings. The normalized spacial score (nSPS) is 16.7. The van der Waals surface area contributed by atoms with Gasteiger partial charge in [0.1, 0.15) is 0 Å². The van der Waals surface area contributed by atoms with E-state index in [-0.39, 0.29) is 6.42 Å². The number of hydrogen-bond donors (Lipinski definition) is 1. The fourth-order valence-corrected chi connectivity index (χ4v) is 2.89. The molecule has 0 radical (unpaired) electrons. The van der Waals surface area contributed by atoms with E-state index in [4.69, 9.17) is 14.2 Å². The van der Waals surface area contributed by atoms with Crippen LogP contribution in [0, 0.1) is 0 Å². The molecule has 1 aromatic rings. The average molecular weight is 351 g/mol. The lowest BCUT2D eigenvalue weighted by Crippen LogP contribution is -2.16. The molecule has 2 rings (SSSR count). The number of rotatable bonds is 9. The lowest BCUT2D eigenvalue weighted by Gasteiger charge is -2.10. The van der Waals surface area contributed by atoms with Crippen LogP contribution in [0.2, 0.25) is 0 Å². The van der Waals surface area contributed by atoms with E-state index in [9.17, 15) is 4.79 Å². The molecule has 24 heavy (non-hydrogen) atoms. The molecule has 0 atom stereocenters. The number of hydrogen-bond acceptors (Lipinski definition) is 5. The number of nitrogens with zero attached hydrogens (tertiary/aromatic N) is 1. The van der Waals surface area contributed by atoms with E-state index >= 15 is 0 Å². The van der Waals surface area contributed by atoms with Gasteiger partial charge in [-0.1, -0.05) is 51.0 Å². The van der Waals surface area contributed by atoms with Crippen LogP contribution in [-0.4, -0.2) is 22.8 Å². The van der Waals surface area contributed by atoms with E-state index in [0.29, 0.717) is 12.5 Å². The summed E-state index contributed by atoms with van der Waals surface area (Å²) in [5, 5.41) is 10.8. The van der Waals surface area contributed by atoms with Gasteiger partial charge in [-0.05, 0) is 41.2 Å². The van der Waals surface area contributed by atoms with Crippen LogP contribution in [0.25, 0.3) is 6.08 Å². The third kappa shape index (κ3) is 6.55. The monoisotopic (exact) mass is 351 g/mol. The summed E-state index contributed by atoms with van der Waals surface area (Å²) in [5.41, 5.74) is 2.40. The predicted octanol–water partition coefficient (Wildman–Crippen LogP) is 4.97. The highest BCUT2D eigenvalue weighted by molar-refractivity contribution is 7.98. The van der Waals surface area contributed by atoms with E-state index in [0.717, 1.165) is 36.3 Å². The Morgan fingerprint density at radius 1 is 1.21 bits per heavy atom. The quantitative estimate of drug-likeness (QED) is 0.501. The van der Waals surface area contributed by atoms with Gasteiger partial charge in [0.05, 0.1) is 18.6 Å². The van der Waals surface area contributed by atoms with Gasteiger partial charge in [0.2, 0.25) is 5.09 Å². The number of aliphatic carboxylic acids is 1. The van der Waals surface area contributed by atoms with Gasteiger partial charge in [-0.2, -0.15) is 4.28 Å². The molecule has 0 aliphatic carbocycles. The van der Waals surface area contributed by atoms with Crippen molar-refractivity contribution in [2.45, 2.75) is 51.9 Å². The number of hydroxylamine groups is 2. The minimum absolute atomic E-state index is 0.245. The van der Waals surface area contributed by atoms with E-state index in [1.54, 1.807) is 0 Å². The maximum Gasteiger partial charge on any atom is 0.303 e. The molecule has 132 valence electrons. The molecule has 0 bridgehead atoms. The van der Waals surface area contributed by atoms with Crippen LogP contribution in [0.3, 0.4) is 0 Å². The molecule has 1 N–H and O–H groups in total. The zero-order valence-corrected chi connectivity index (χ0v) is 15.1. The van der Waals surface area contributed by atoms with Crippen LogP contribution < -0.4 is 0 Å². The maximum absolute atomic E-state index is 10.4. The van der Waals surface area contributed by atoms with Gasteiger partial charge in [0.15, 0.2) is 0 Å². The molecule has 0 amide bonds. The summed E-state index contributed by atoms with van der Waals surface area (Å²) in [6, 6.07) is 8.42. The van der Waals surface area contributed by atoms with Gasteiger partial charge in [0.25, 0.3) is 0 Å². The van der Waals surface area contributed by atoms with E-state index < -0.39 is 5.97 Å². The number of unbranched alkanes of at least 4 members (excludes halogenated alkanes) is 3. The van der Waals surface area contributed by atoms with Crippen LogP contribution in [0.4, 0.5) is 0 Å². The smallest absolute Gasteiger partial charge is 0.303 e. The summed E-state index contributed by atoms with van der Waals surface area (Å²) >= 11 is 1.22. The third-order valence-electron chi connectivity index (χ3n) is 3.76. The second-order valence-electron chi connectivity index (χ2n) is 6.15. The van der Waals surface area contributed by atoms with Crippen molar-refractivity contribution < 1.29 is 19.0 Å². The molecule has 0 unspecified atom stereocenters. The first-order chi connectivity index (χ1) is 11.5. The molecule has 1 aromatic carbocycles. The lowest BCUT2D eigenvalue weighted by atomic mass is 10.0. The van der Waals surface area contributed by atoms with Gasteiger partial charge in [-0.25, -0.2) is 0 Å². The van der Waals surface area contributed by atoms with E-state index in [2.05, 4.69) is 38.1 Å². The fourth-order valence-electron chi connectivity index (χ4n) is 2.33. The van der Waals surface area contributed by atoms with Crippen molar-refractivity contribution in [3.63, 3.8) is 0 Å². The Kier molecular flexibility index (Phi) is 7.62. The Labute approximate surface area is 147 Å². The van der Waals surface area contributed by atoms with Crippen LogP contribution in [0.1, 0.15) is 63.0 Å². The molecule has 1 fully saturated rings. The van der Waals surface area contributed by atoms with Crippen molar-refractivity contribution >= 4 is 24.1 Å². The van der Waals surface area contributed by atoms with Crippen molar-refractivity contribution in [3.05, 3.63) is 40.5 Å². The number of carboxylic acids is 1. The number of carbonyl (C=O) groups is 1. The highest BCUT2D eigenvalue weighted by Gasteiger charge is 2.20. The van der Waals surface area contributed by atoms with Crippen LogP contribution in [0.15, 0.2) is 29.4 Å². The Hall–Kier alpha value is -1.50. The second kappa shape index (κ2) is 9.71. The largest absolute Gasteiger partial charge is 0.481 e. The fraction of sp³-hybridized carbons (Fsp3) is 0.500. The second-order valence-corrected chi connectivity index (χ2v) is 6.87. The third-order valence-corrected chi connectivity index (χ3v) is 4.36. The molecular formula is C18H25NO4S. The first-order valence-electron chi connectivity index (χ1n) is 8.38. The SMILES string of the molecule is CC(C)c1ccc(C=C2ON(CCCCCCC(=O)O)OS2)cc1. The average Bonchev–Trinajstić information content (AvgIpc) is 2.98. The highest BCUT2D eigenvalue weighted by atomic mass is 32.2. The van der Waals surface area contributed by atoms with Gasteiger partial charge >= 0.3 is 5.97 Å². The van der Waals surface area contributed by atoms with Crippen molar-refractivity contribution in [2.75, 3.05) is 6.54 Å². The molecule has 0 saturated carbocycles. The predicted molar refractivity (Wildman–Crippen MR) is 95.7 cm³/mol. The van der Waals surface area contributed by atoms with Crippen LogP contribution in [0.5, 0.6) is 0 Å². The summed E-state index contributed by atoms with van der Waals surface area (Å²) in [5.74, 6) is -0.202. The first-order valence-corrected chi connectivity index (χ1v) is 9.12. The molecule has 0 aromatic heterocycles. The summed E-state index contributed by atoms with van der Waals surface area (Å²) in [4.78, 5) is 16.1. The molecule has 0 spiro atoms. The number of benzene rings is 1. The zero-order valence-electron chi connectivity index (χ0n) is 14.2. The molecule has 1 aliphatic heterocycles. The van der Waals surface area contributed by atoms with Crippen molar-refractivity contribution in [1.29, 1.82) is 0 Å². The Balaban J connectivity index is 1.69. The minimum atomic E-state index is -0.728. The molecular weight excluding hydrogens is 326 g/mol. The van der Waals surface area contributed by atoms with E-state index in [1.165, 1.54) is 22.8 Å². The van der Waals surface area contributed by atoms with Crippen LogP contribution in [-0.2, 0) is 13.9 Å². The van der Waals surface area contributed by atoms with Crippen molar-refractivity contribution in [1.82, 2.24) is 5.23 Å². The molecule has 1 saturated heterocycles. The van der Waals surface area contributed by atoms with E-state index in [1.807, 2.05) is 6.08 Å². The topological polar surface area (TPSA) is 59.0 Å². The van der Waals surface area contributed by atoms with Gasteiger partial charge in [0, 0.05) is 6.42 Å². The highest BCUT2D eigenvalue weighted by Crippen LogP contribution is 2.31. The van der Waals surface area contributed by atoms with Gasteiger partial charge < -0.3 is 9.94 Å². The Morgan fingerprint density at radius 2 is 1.92 bits per heavy atom. The number of carboxylic acid groups (broad SMARTS) is 1. The zero-order chi connectivity index (χ0) is 17.4. The van der Waals surface area contributed by atoms with Crippen LogP contribution >= 0.6 is 12.0 Å².